The Morgan fingerprint density at radius 2 is 2.37 bits per heavy atom. The van der Waals surface area contributed by atoms with E-state index in [2.05, 4.69) is 20.5 Å². The molecular formula is C12H10ClN5O. The van der Waals surface area contributed by atoms with Crippen LogP contribution in [0.2, 0.25) is 5.15 Å². The summed E-state index contributed by atoms with van der Waals surface area (Å²) in [5.41, 5.74) is 1.38. The lowest BCUT2D eigenvalue weighted by atomic mass is 10.2. The Balaban J connectivity index is 2.26. The highest BCUT2D eigenvalue weighted by atomic mass is 35.5. The minimum Gasteiger partial charge on any atom is -0.306 e. The first-order valence-electron chi connectivity index (χ1n) is 5.55. The third-order valence-corrected chi connectivity index (χ3v) is 2.66. The number of H-pyrrole nitrogens is 1. The van der Waals surface area contributed by atoms with E-state index in [1.165, 1.54) is 12.3 Å². The number of aromatic amines is 1. The maximum Gasteiger partial charge on any atom is 0.257 e. The van der Waals surface area contributed by atoms with Crippen LogP contribution >= 0.6 is 11.6 Å². The van der Waals surface area contributed by atoms with Crippen molar-refractivity contribution in [3.63, 3.8) is 0 Å². The molecule has 0 bridgehead atoms. The zero-order chi connectivity index (χ0) is 13.8. The Morgan fingerprint density at radius 3 is 3.05 bits per heavy atom. The molecule has 0 saturated heterocycles. The van der Waals surface area contributed by atoms with Gasteiger partial charge in [-0.2, -0.15) is 10.4 Å². The predicted octanol–water partition coefficient (Wildman–Crippen LogP) is 2.14. The van der Waals surface area contributed by atoms with Crippen LogP contribution in [0.25, 0.3) is 0 Å². The van der Waals surface area contributed by atoms with Crippen LogP contribution in [0.1, 0.15) is 28.5 Å². The molecule has 2 N–H and O–H groups in total. The zero-order valence-corrected chi connectivity index (χ0v) is 10.8. The molecule has 0 aliphatic rings. The van der Waals surface area contributed by atoms with Gasteiger partial charge in [0.25, 0.3) is 5.91 Å². The summed E-state index contributed by atoms with van der Waals surface area (Å²) in [4.78, 5) is 16.1. The molecule has 2 heterocycles. The molecule has 0 spiro atoms. The van der Waals surface area contributed by atoms with Gasteiger partial charge in [-0.05, 0) is 18.6 Å². The summed E-state index contributed by atoms with van der Waals surface area (Å²) in [5, 5.41) is 17.9. The first-order chi connectivity index (χ1) is 9.13. The van der Waals surface area contributed by atoms with Crippen LogP contribution in [0.4, 0.5) is 5.82 Å². The van der Waals surface area contributed by atoms with Crippen molar-refractivity contribution in [2.24, 2.45) is 0 Å². The molecule has 0 atom stereocenters. The van der Waals surface area contributed by atoms with Gasteiger partial charge in [-0.25, -0.2) is 4.98 Å². The summed E-state index contributed by atoms with van der Waals surface area (Å²) in [6, 6.07) is 5.05. The third kappa shape index (κ3) is 2.89. The number of carbonyl (C=O) groups excluding carboxylic acids is 1. The number of nitrogens with zero attached hydrogens (tertiary/aromatic N) is 3. The number of hydrogen-bond acceptors (Lipinski definition) is 4. The Labute approximate surface area is 114 Å². The van der Waals surface area contributed by atoms with E-state index in [-0.39, 0.29) is 22.4 Å². The molecule has 0 aromatic carbocycles. The highest BCUT2D eigenvalue weighted by molar-refractivity contribution is 6.29. The SMILES string of the molecule is CCc1cc(C(=O)Nc2[nH]ncc2C#N)cc(Cl)n1. The van der Waals surface area contributed by atoms with E-state index >= 15 is 0 Å². The molecule has 7 heteroatoms. The number of nitrogens with one attached hydrogen (secondary N) is 2. The van der Waals surface area contributed by atoms with Crippen molar-refractivity contribution in [2.75, 3.05) is 5.32 Å². The van der Waals surface area contributed by atoms with Gasteiger partial charge in [-0.1, -0.05) is 18.5 Å². The standard InChI is InChI=1S/C12H10ClN5O/c1-2-9-3-7(4-10(13)16-9)12(19)17-11-8(5-14)6-15-18-11/h3-4,6H,2H2,1H3,(H2,15,17,18,19). The molecule has 19 heavy (non-hydrogen) atoms. The number of amides is 1. The molecule has 96 valence electrons. The maximum atomic E-state index is 12.0. The minimum atomic E-state index is -0.375. The predicted molar refractivity (Wildman–Crippen MR) is 69.9 cm³/mol. The average Bonchev–Trinajstić information content (AvgIpc) is 2.85. The van der Waals surface area contributed by atoms with Crippen molar-refractivity contribution < 1.29 is 4.79 Å². The summed E-state index contributed by atoms with van der Waals surface area (Å²) < 4.78 is 0. The number of aryl methyl sites for hydroxylation is 1. The van der Waals surface area contributed by atoms with Crippen molar-refractivity contribution in [1.82, 2.24) is 15.2 Å². The van der Waals surface area contributed by atoms with E-state index in [0.29, 0.717) is 12.0 Å². The molecule has 1 amide bonds. The number of halogens is 1. The third-order valence-electron chi connectivity index (χ3n) is 2.47. The van der Waals surface area contributed by atoms with Gasteiger partial charge in [0.15, 0.2) is 0 Å². The molecule has 6 nitrogen and oxygen atoms in total. The van der Waals surface area contributed by atoms with E-state index in [1.54, 1.807) is 6.07 Å². The van der Waals surface area contributed by atoms with Crippen LogP contribution in [0, 0.1) is 11.3 Å². The minimum absolute atomic E-state index is 0.259. The second-order valence-corrected chi connectivity index (χ2v) is 4.14. The monoisotopic (exact) mass is 275 g/mol. The second-order valence-electron chi connectivity index (χ2n) is 3.75. The van der Waals surface area contributed by atoms with E-state index in [4.69, 9.17) is 16.9 Å². The number of nitriles is 1. The fourth-order valence-corrected chi connectivity index (χ4v) is 1.74. The van der Waals surface area contributed by atoms with Gasteiger partial charge in [0.05, 0.1) is 6.20 Å². The number of hydrogen-bond donors (Lipinski definition) is 2. The maximum absolute atomic E-state index is 12.0. The van der Waals surface area contributed by atoms with Crippen LogP contribution in [0.5, 0.6) is 0 Å². The zero-order valence-electron chi connectivity index (χ0n) is 10.1. The van der Waals surface area contributed by atoms with E-state index < -0.39 is 0 Å². The lowest BCUT2D eigenvalue weighted by molar-refractivity contribution is 0.102. The lowest BCUT2D eigenvalue weighted by Crippen LogP contribution is -2.13. The van der Waals surface area contributed by atoms with Crippen LogP contribution in [-0.4, -0.2) is 21.1 Å². The second kappa shape index (κ2) is 5.50. The number of rotatable bonds is 3. The number of aromatic nitrogens is 3. The van der Waals surface area contributed by atoms with Crippen LogP contribution in [0.15, 0.2) is 18.3 Å². The number of pyridine rings is 1. The van der Waals surface area contributed by atoms with Gasteiger partial charge in [0.2, 0.25) is 0 Å². The molecule has 0 aliphatic carbocycles. The molecule has 0 saturated carbocycles. The van der Waals surface area contributed by atoms with Crippen molar-refractivity contribution in [1.29, 1.82) is 5.26 Å². The van der Waals surface area contributed by atoms with Crippen molar-refractivity contribution >= 4 is 23.3 Å². The topological polar surface area (TPSA) is 94.5 Å². The molecule has 2 aromatic heterocycles. The fourth-order valence-electron chi connectivity index (χ4n) is 1.52. The van der Waals surface area contributed by atoms with Gasteiger partial charge in [-0.3, -0.25) is 9.89 Å². The molecule has 0 aliphatic heterocycles. The molecule has 2 aromatic rings. The summed E-state index contributed by atoms with van der Waals surface area (Å²) in [6.45, 7) is 1.92. The van der Waals surface area contributed by atoms with Crippen molar-refractivity contribution in [3.8, 4) is 6.07 Å². The van der Waals surface area contributed by atoms with E-state index in [0.717, 1.165) is 5.69 Å². The summed E-state index contributed by atoms with van der Waals surface area (Å²) >= 11 is 5.85. The van der Waals surface area contributed by atoms with Crippen LogP contribution in [-0.2, 0) is 6.42 Å². The molecule has 0 fully saturated rings. The van der Waals surface area contributed by atoms with Crippen molar-refractivity contribution in [3.05, 3.63) is 40.3 Å². The first-order valence-corrected chi connectivity index (χ1v) is 5.93. The number of carbonyl (C=O) groups is 1. The molecular weight excluding hydrogens is 266 g/mol. The van der Waals surface area contributed by atoms with Crippen LogP contribution < -0.4 is 5.32 Å². The molecule has 2 rings (SSSR count). The Kier molecular flexibility index (Phi) is 3.78. The Bertz CT molecular complexity index is 658. The normalized spacial score (nSPS) is 9.95. The largest absolute Gasteiger partial charge is 0.306 e. The summed E-state index contributed by atoms with van der Waals surface area (Å²) in [6.07, 6.45) is 2.01. The highest BCUT2D eigenvalue weighted by Gasteiger charge is 2.12. The highest BCUT2D eigenvalue weighted by Crippen LogP contribution is 2.15. The van der Waals surface area contributed by atoms with Gasteiger partial charge in [0, 0.05) is 11.3 Å². The summed E-state index contributed by atoms with van der Waals surface area (Å²) in [7, 11) is 0. The first kappa shape index (κ1) is 13.1. The molecule has 0 radical (unpaired) electrons. The smallest absolute Gasteiger partial charge is 0.257 e. The van der Waals surface area contributed by atoms with Crippen molar-refractivity contribution in [2.45, 2.75) is 13.3 Å². The fraction of sp³-hybridized carbons (Fsp3) is 0.167. The Morgan fingerprint density at radius 1 is 1.58 bits per heavy atom. The van der Waals surface area contributed by atoms with Gasteiger partial charge in [0.1, 0.15) is 22.6 Å². The summed E-state index contributed by atoms with van der Waals surface area (Å²) in [5.74, 6) is -0.113. The van der Waals surface area contributed by atoms with Crippen LogP contribution in [0.3, 0.4) is 0 Å². The Hall–Kier alpha value is -2.39. The van der Waals surface area contributed by atoms with E-state index in [1.807, 2.05) is 13.0 Å². The van der Waals surface area contributed by atoms with E-state index in [9.17, 15) is 4.79 Å². The van der Waals surface area contributed by atoms with Gasteiger partial charge >= 0.3 is 0 Å². The molecule has 0 unspecified atom stereocenters. The van der Waals surface area contributed by atoms with Gasteiger partial charge in [-0.15, -0.1) is 0 Å². The lowest BCUT2D eigenvalue weighted by Gasteiger charge is -2.05. The van der Waals surface area contributed by atoms with Gasteiger partial charge < -0.3 is 5.32 Å². The number of anilines is 1. The average molecular weight is 276 g/mol. The quantitative estimate of drug-likeness (QED) is 0.839.